The summed E-state index contributed by atoms with van der Waals surface area (Å²) in [6.07, 6.45) is 0.408. The highest BCUT2D eigenvalue weighted by atomic mass is 35.5. The van der Waals surface area contributed by atoms with E-state index >= 15 is 0 Å². The molecule has 1 aromatic carbocycles. The van der Waals surface area contributed by atoms with E-state index in [0.29, 0.717) is 16.5 Å². The van der Waals surface area contributed by atoms with E-state index in [1.807, 2.05) is 6.07 Å². The predicted molar refractivity (Wildman–Crippen MR) is 75.2 cm³/mol. The Hall–Kier alpha value is -0.840. The van der Waals surface area contributed by atoms with Crippen LogP contribution in [0.2, 0.25) is 4.34 Å². The molecule has 1 aromatic heterocycles. The van der Waals surface area contributed by atoms with Crippen molar-refractivity contribution in [3.8, 4) is 0 Å². The molecular formula is C13H10ClFOS2. The number of hydrogen-bond donors (Lipinski definition) is 0. The topological polar surface area (TPSA) is 17.1 Å². The Labute approximate surface area is 118 Å². The zero-order valence-electron chi connectivity index (χ0n) is 9.36. The lowest BCUT2D eigenvalue weighted by Gasteiger charge is -2.00. The molecular weight excluding hydrogens is 291 g/mol. The van der Waals surface area contributed by atoms with Gasteiger partial charge in [-0.05, 0) is 36.4 Å². The van der Waals surface area contributed by atoms with Crippen LogP contribution in [0.5, 0.6) is 0 Å². The first-order chi connectivity index (χ1) is 8.63. The van der Waals surface area contributed by atoms with Crippen molar-refractivity contribution in [2.75, 3.05) is 5.75 Å². The Bertz CT molecular complexity index is 536. The van der Waals surface area contributed by atoms with Gasteiger partial charge in [-0.3, -0.25) is 4.79 Å². The van der Waals surface area contributed by atoms with Crippen LogP contribution in [0.1, 0.15) is 4.88 Å². The highest BCUT2D eigenvalue weighted by Crippen LogP contribution is 2.23. The predicted octanol–water partition coefficient (Wildman–Crippen LogP) is 4.44. The highest BCUT2D eigenvalue weighted by molar-refractivity contribution is 8.00. The maximum Gasteiger partial charge on any atom is 0.148 e. The number of thioether (sulfide) groups is 1. The van der Waals surface area contributed by atoms with Gasteiger partial charge in [-0.1, -0.05) is 11.6 Å². The average molecular weight is 301 g/mol. The Balaban J connectivity index is 1.83. The molecule has 1 heterocycles. The van der Waals surface area contributed by atoms with E-state index in [1.165, 1.54) is 35.2 Å². The van der Waals surface area contributed by atoms with Crippen molar-refractivity contribution < 1.29 is 9.18 Å². The second-order valence-corrected chi connectivity index (χ2v) is 6.51. The van der Waals surface area contributed by atoms with Gasteiger partial charge in [-0.2, -0.15) is 0 Å². The van der Waals surface area contributed by atoms with E-state index < -0.39 is 0 Å². The van der Waals surface area contributed by atoms with E-state index in [9.17, 15) is 9.18 Å². The summed E-state index contributed by atoms with van der Waals surface area (Å²) in [5.74, 6) is 0.267. The second-order valence-electron chi connectivity index (χ2n) is 3.66. The van der Waals surface area contributed by atoms with Crippen LogP contribution in [0.3, 0.4) is 0 Å². The molecule has 0 fully saturated rings. The van der Waals surface area contributed by atoms with E-state index in [-0.39, 0.29) is 11.6 Å². The lowest BCUT2D eigenvalue weighted by molar-refractivity contribution is -0.115. The van der Waals surface area contributed by atoms with Crippen LogP contribution < -0.4 is 0 Å². The Morgan fingerprint density at radius 2 is 1.94 bits per heavy atom. The summed E-state index contributed by atoms with van der Waals surface area (Å²) >= 11 is 8.64. The van der Waals surface area contributed by atoms with Crippen molar-refractivity contribution in [2.45, 2.75) is 11.3 Å². The molecule has 0 aliphatic carbocycles. The molecule has 0 saturated heterocycles. The van der Waals surface area contributed by atoms with Crippen LogP contribution >= 0.6 is 34.7 Å². The summed E-state index contributed by atoms with van der Waals surface area (Å²) in [6.45, 7) is 0. The Morgan fingerprint density at radius 3 is 2.56 bits per heavy atom. The molecule has 0 saturated carbocycles. The molecule has 0 aliphatic rings. The number of benzene rings is 1. The molecule has 0 bridgehead atoms. The van der Waals surface area contributed by atoms with Gasteiger partial charge in [0.1, 0.15) is 11.6 Å². The summed E-state index contributed by atoms with van der Waals surface area (Å²) in [7, 11) is 0. The van der Waals surface area contributed by atoms with E-state index in [0.717, 1.165) is 9.77 Å². The van der Waals surface area contributed by atoms with Crippen molar-refractivity contribution in [3.63, 3.8) is 0 Å². The summed E-state index contributed by atoms with van der Waals surface area (Å²) in [6, 6.07) is 9.80. The normalized spacial score (nSPS) is 10.6. The number of ketones is 1. The van der Waals surface area contributed by atoms with E-state index in [2.05, 4.69) is 0 Å². The standard InChI is InChI=1S/C13H10ClFOS2/c14-13-6-5-12(18-13)7-10(16)8-17-11-3-1-9(15)2-4-11/h1-6H,7-8H2. The Kier molecular flexibility index (Phi) is 4.80. The fraction of sp³-hybridized carbons (Fsp3) is 0.154. The van der Waals surface area contributed by atoms with Gasteiger partial charge in [-0.15, -0.1) is 23.1 Å². The van der Waals surface area contributed by atoms with Crippen molar-refractivity contribution in [2.24, 2.45) is 0 Å². The van der Waals surface area contributed by atoms with Gasteiger partial charge in [0.2, 0.25) is 0 Å². The third kappa shape index (κ3) is 4.12. The summed E-state index contributed by atoms with van der Waals surface area (Å²) in [4.78, 5) is 13.6. The van der Waals surface area contributed by atoms with Gasteiger partial charge in [-0.25, -0.2) is 4.39 Å². The van der Waals surface area contributed by atoms with Crippen molar-refractivity contribution >= 4 is 40.5 Å². The molecule has 0 atom stereocenters. The molecule has 0 aliphatic heterocycles. The minimum absolute atomic E-state index is 0.142. The first-order valence-electron chi connectivity index (χ1n) is 5.28. The monoisotopic (exact) mass is 300 g/mol. The summed E-state index contributed by atoms with van der Waals surface area (Å²) < 4.78 is 13.4. The molecule has 5 heteroatoms. The molecule has 2 rings (SSSR count). The maximum absolute atomic E-state index is 12.7. The lowest BCUT2D eigenvalue weighted by Crippen LogP contribution is -2.04. The number of hydrogen-bond acceptors (Lipinski definition) is 3. The third-order valence-electron chi connectivity index (χ3n) is 2.21. The van der Waals surface area contributed by atoms with Crippen LogP contribution in [-0.2, 0) is 11.2 Å². The number of thiophene rings is 1. The minimum atomic E-state index is -0.265. The van der Waals surface area contributed by atoms with Gasteiger partial charge in [0.25, 0.3) is 0 Å². The zero-order valence-corrected chi connectivity index (χ0v) is 11.7. The van der Waals surface area contributed by atoms with Crippen molar-refractivity contribution in [1.82, 2.24) is 0 Å². The molecule has 0 radical (unpaired) electrons. The molecule has 0 amide bonds. The molecule has 1 nitrogen and oxygen atoms in total. The number of carbonyl (C=O) groups excluding carboxylic acids is 1. The SMILES string of the molecule is O=C(CSc1ccc(F)cc1)Cc1ccc(Cl)s1. The lowest BCUT2D eigenvalue weighted by atomic mass is 10.3. The number of rotatable bonds is 5. The number of carbonyl (C=O) groups is 1. The highest BCUT2D eigenvalue weighted by Gasteiger charge is 2.07. The van der Waals surface area contributed by atoms with Crippen LogP contribution in [-0.4, -0.2) is 11.5 Å². The number of halogens is 2. The number of Topliss-reactive ketones (excluding diaryl/α,β-unsaturated/α-hetero) is 1. The van der Waals surface area contributed by atoms with Gasteiger partial charge >= 0.3 is 0 Å². The smallest absolute Gasteiger partial charge is 0.148 e. The quantitative estimate of drug-likeness (QED) is 0.759. The molecule has 0 N–H and O–H groups in total. The minimum Gasteiger partial charge on any atom is -0.298 e. The maximum atomic E-state index is 12.7. The Morgan fingerprint density at radius 1 is 1.22 bits per heavy atom. The largest absolute Gasteiger partial charge is 0.298 e. The molecule has 0 spiro atoms. The summed E-state index contributed by atoms with van der Waals surface area (Å²) in [5.41, 5.74) is 0. The van der Waals surface area contributed by atoms with Crippen LogP contribution in [0.15, 0.2) is 41.3 Å². The average Bonchev–Trinajstić information content (AvgIpc) is 2.74. The van der Waals surface area contributed by atoms with Crippen molar-refractivity contribution in [1.29, 1.82) is 0 Å². The van der Waals surface area contributed by atoms with Crippen LogP contribution in [0.25, 0.3) is 0 Å². The van der Waals surface area contributed by atoms with E-state index in [4.69, 9.17) is 11.6 Å². The van der Waals surface area contributed by atoms with Crippen molar-refractivity contribution in [3.05, 3.63) is 51.4 Å². The fourth-order valence-electron chi connectivity index (χ4n) is 1.39. The zero-order chi connectivity index (χ0) is 13.0. The second kappa shape index (κ2) is 6.36. The summed E-state index contributed by atoms with van der Waals surface area (Å²) in [5, 5.41) is 0. The molecule has 94 valence electrons. The third-order valence-corrected chi connectivity index (χ3v) is 4.52. The van der Waals surface area contributed by atoms with Crippen LogP contribution in [0.4, 0.5) is 4.39 Å². The van der Waals surface area contributed by atoms with Gasteiger partial charge in [0.05, 0.1) is 10.1 Å². The van der Waals surface area contributed by atoms with Gasteiger partial charge in [0, 0.05) is 16.2 Å². The molecule has 0 unspecified atom stereocenters. The van der Waals surface area contributed by atoms with Gasteiger partial charge < -0.3 is 0 Å². The van der Waals surface area contributed by atoms with Crippen LogP contribution in [0, 0.1) is 5.82 Å². The van der Waals surface area contributed by atoms with E-state index in [1.54, 1.807) is 18.2 Å². The molecule has 2 aromatic rings. The van der Waals surface area contributed by atoms with Gasteiger partial charge in [0.15, 0.2) is 0 Å². The first kappa shape index (κ1) is 13.6. The first-order valence-corrected chi connectivity index (χ1v) is 7.46. The fourth-order valence-corrected chi connectivity index (χ4v) is 3.26. The molecule has 18 heavy (non-hydrogen) atoms.